The van der Waals surface area contributed by atoms with Crippen molar-refractivity contribution in [1.29, 1.82) is 0 Å². The summed E-state index contributed by atoms with van der Waals surface area (Å²) >= 11 is 0. The minimum absolute atomic E-state index is 0.00924. The number of carbonyl (C=O) groups is 1. The van der Waals surface area contributed by atoms with E-state index in [0.29, 0.717) is 30.6 Å². The van der Waals surface area contributed by atoms with E-state index in [1.54, 1.807) is 24.3 Å². The first-order valence-electron chi connectivity index (χ1n) is 12.3. The Morgan fingerprint density at radius 1 is 1.14 bits per heavy atom. The molecule has 0 saturated heterocycles. The number of carboxylic acid groups (broad SMARTS) is 1. The first kappa shape index (κ1) is 23.9. The zero-order valence-corrected chi connectivity index (χ0v) is 19.4. The summed E-state index contributed by atoms with van der Waals surface area (Å²) < 4.78 is 34.3. The molecule has 2 aromatic carbocycles. The third-order valence-electron chi connectivity index (χ3n) is 8.26. The van der Waals surface area contributed by atoms with Gasteiger partial charge >= 0.3 is 5.97 Å². The molecule has 0 bridgehead atoms. The van der Waals surface area contributed by atoms with Gasteiger partial charge in [-0.25, -0.2) is 13.6 Å². The molecule has 1 unspecified atom stereocenters. The lowest BCUT2D eigenvalue weighted by Gasteiger charge is -2.45. The van der Waals surface area contributed by atoms with E-state index in [1.165, 1.54) is 12.1 Å². The summed E-state index contributed by atoms with van der Waals surface area (Å²) in [6, 6.07) is 8.44. The molecule has 2 aliphatic carbocycles. The molecule has 5 nitrogen and oxygen atoms in total. The van der Waals surface area contributed by atoms with Crippen LogP contribution < -0.4 is 4.74 Å². The molecular formula is C28H30F2O5. The second kappa shape index (κ2) is 9.36. The number of fused-ring (bicyclic) bond motifs is 2. The maximum Gasteiger partial charge on any atom is 0.335 e. The molecule has 2 aromatic rings. The topological polar surface area (TPSA) is 87.0 Å². The van der Waals surface area contributed by atoms with E-state index in [9.17, 15) is 28.9 Å². The maximum absolute atomic E-state index is 14.6. The molecule has 1 aliphatic heterocycles. The van der Waals surface area contributed by atoms with Gasteiger partial charge in [0.05, 0.1) is 17.8 Å². The molecule has 0 radical (unpaired) electrons. The average molecular weight is 485 g/mol. The molecule has 0 aromatic heterocycles. The van der Waals surface area contributed by atoms with Crippen LogP contribution in [0.4, 0.5) is 8.78 Å². The number of aromatic carboxylic acids is 1. The number of aliphatic hydroxyl groups is 2. The van der Waals surface area contributed by atoms with Crippen LogP contribution in [0.1, 0.15) is 60.0 Å². The van der Waals surface area contributed by atoms with E-state index >= 15 is 0 Å². The normalized spacial score (nSPS) is 28.2. The van der Waals surface area contributed by atoms with Gasteiger partial charge in [-0.2, -0.15) is 0 Å². The predicted octanol–water partition coefficient (Wildman–Crippen LogP) is 4.78. The number of aliphatic hydroxyl groups excluding tert-OH is 2. The highest BCUT2D eigenvalue weighted by Gasteiger charge is 2.47. The van der Waals surface area contributed by atoms with Crippen molar-refractivity contribution >= 4 is 5.97 Å². The molecule has 2 saturated carbocycles. The van der Waals surface area contributed by atoms with Crippen LogP contribution in [0.15, 0.2) is 48.6 Å². The molecule has 0 spiro atoms. The highest BCUT2D eigenvalue weighted by atomic mass is 19.1. The van der Waals surface area contributed by atoms with E-state index in [0.717, 1.165) is 37.3 Å². The highest BCUT2D eigenvalue weighted by molar-refractivity contribution is 5.88. The summed E-state index contributed by atoms with van der Waals surface area (Å²) in [6.07, 6.45) is 6.50. The Bertz CT molecular complexity index is 1140. The molecule has 3 aliphatic rings. The smallest absolute Gasteiger partial charge is 0.335 e. The molecule has 5 atom stereocenters. The van der Waals surface area contributed by atoms with Crippen molar-refractivity contribution in [3.63, 3.8) is 0 Å². The number of benzene rings is 2. The summed E-state index contributed by atoms with van der Waals surface area (Å²) in [7, 11) is 0. The summed E-state index contributed by atoms with van der Waals surface area (Å²) in [5.41, 5.74) is 0.664. The van der Waals surface area contributed by atoms with E-state index in [1.807, 2.05) is 6.08 Å². The fourth-order valence-electron chi connectivity index (χ4n) is 6.18. The van der Waals surface area contributed by atoms with Crippen LogP contribution in [0.5, 0.6) is 5.75 Å². The minimum Gasteiger partial charge on any atom is -0.490 e. The molecule has 2 fully saturated rings. The molecule has 7 heteroatoms. The minimum atomic E-state index is -1.02. The van der Waals surface area contributed by atoms with E-state index in [-0.39, 0.29) is 23.5 Å². The van der Waals surface area contributed by atoms with Crippen molar-refractivity contribution in [1.82, 2.24) is 0 Å². The molecule has 3 N–H and O–H groups in total. The summed E-state index contributed by atoms with van der Waals surface area (Å²) in [6.45, 7) is 0. The van der Waals surface area contributed by atoms with Gasteiger partial charge in [-0.05, 0) is 61.4 Å². The Kier molecular flexibility index (Phi) is 6.40. The van der Waals surface area contributed by atoms with Crippen LogP contribution in [0.25, 0.3) is 0 Å². The van der Waals surface area contributed by atoms with Crippen LogP contribution in [0.2, 0.25) is 0 Å². The van der Waals surface area contributed by atoms with Crippen molar-refractivity contribution in [2.75, 3.05) is 0 Å². The zero-order chi connectivity index (χ0) is 24.7. The number of carboxylic acids is 1. The van der Waals surface area contributed by atoms with Gasteiger partial charge in [0.1, 0.15) is 23.5 Å². The monoisotopic (exact) mass is 484 g/mol. The number of rotatable bonds is 5. The van der Waals surface area contributed by atoms with Crippen LogP contribution in [0, 0.1) is 23.5 Å². The average Bonchev–Trinajstić information content (AvgIpc) is 3.05. The van der Waals surface area contributed by atoms with E-state index in [2.05, 4.69) is 0 Å². The van der Waals surface area contributed by atoms with Crippen LogP contribution >= 0.6 is 0 Å². The first-order valence-corrected chi connectivity index (χ1v) is 12.3. The summed E-state index contributed by atoms with van der Waals surface area (Å²) in [5, 5.41) is 31.3. The second-order valence-electron chi connectivity index (χ2n) is 10.2. The number of halogens is 2. The Hall–Kier alpha value is -2.77. The fraction of sp³-hybridized carbons (Fsp3) is 0.464. The Balaban J connectivity index is 1.36. The first-order chi connectivity index (χ1) is 16.8. The predicted molar refractivity (Wildman–Crippen MR) is 125 cm³/mol. The zero-order valence-electron chi connectivity index (χ0n) is 19.4. The lowest BCUT2D eigenvalue weighted by atomic mass is 9.60. The van der Waals surface area contributed by atoms with Crippen molar-refractivity contribution < 1.29 is 33.6 Å². The Morgan fingerprint density at radius 2 is 1.94 bits per heavy atom. The highest BCUT2D eigenvalue weighted by Crippen LogP contribution is 2.48. The van der Waals surface area contributed by atoms with Crippen LogP contribution in [0.3, 0.4) is 0 Å². The van der Waals surface area contributed by atoms with Crippen LogP contribution in [-0.2, 0) is 11.8 Å². The molecule has 0 amide bonds. The van der Waals surface area contributed by atoms with Crippen molar-refractivity contribution in [2.24, 2.45) is 11.8 Å². The van der Waals surface area contributed by atoms with Crippen molar-refractivity contribution in [3.8, 4) is 5.75 Å². The van der Waals surface area contributed by atoms with Crippen molar-refractivity contribution in [2.45, 2.75) is 68.7 Å². The standard InChI is InChI=1S/C28H30F2O5/c29-18-7-9-21(22(30)14-18)28(11-2-12-28)26(32)10-8-19-20-4-1-3-16-5-6-17(27(33)34)13-24(16)35-25(20)15-23(19)31/h5-10,13-14,19-20,23,25-26,31-32H,1-4,11-12,15H2,(H,33,34)/b10-8+/t19-,20-,23-,25+,26?/m1/s1. The summed E-state index contributed by atoms with van der Waals surface area (Å²) in [5.74, 6) is -1.99. The van der Waals surface area contributed by atoms with Gasteiger partial charge in [-0.15, -0.1) is 0 Å². The van der Waals surface area contributed by atoms with Gasteiger partial charge in [-0.3, -0.25) is 0 Å². The fourth-order valence-corrected chi connectivity index (χ4v) is 6.18. The SMILES string of the molecule is O=C(O)c1ccc2c(c1)O[C@H]1C[C@@H](O)[C@H](/C=C/C(O)C3(c4ccc(F)cc4F)CCC3)[C@H]1CCC2. The van der Waals surface area contributed by atoms with E-state index < -0.39 is 35.2 Å². The third-order valence-corrected chi connectivity index (χ3v) is 8.26. The largest absolute Gasteiger partial charge is 0.490 e. The lowest BCUT2D eigenvalue weighted by molar-refractivity contribution is 0.0585. The van der Waals surface area contributed by atoms with Gasteiger partial charge in [-0.1, -0.05) is 30.7 Å². The number of ether oxygens (including phenoxy) is 1. The van der Waals surface area contributed by atoms with Gasteiger partial charge in [0, 0.05) is 29.7 Å². The van der Waals surface area contributed by atoms with Gasteiger partial charge < -0.3 is 20.1 Å². The summed E-state index contributed by atoms with van der Waals surface area (Å²) in [4.78, 5) is 11.4. The molecular weight excluding hydrogens is 454 g/mol. The van der Waals surface area contributed by atoms with Crippen LogP contribution in [-0.4, -0.2) is 39.6 Å². The second-order valence-corrected chi connectivity index (χ2v) is 10.2. The van der Waals surface area contributed by atoms with Gasteiger partial charge in [0.25, 0.3) is 0 Å². The lowest BCUT2D eigenvalue weighted by Crippen LogP contribution is -2.45. The quantitative estimate of drug-likeness (QED) is 0.532. The Morgan fingerprint density at radius 3 is 2.63 bits per heavy atom. The van der Waals surface area contributed by atoms with Gasteiger partial charge in [0.2, 0.25) is 0 Å². The van der Waals surface area contributed by atoms with E-state index in [4.69, 9.17) is 4.74 Å². The molecule has 186 valence electrons. The maximum atomic E-state index is 14.6. The molecule has 1 heterocycles. The number of hydrogen-bond donors (Lipinski definition) is 3. The third kappa shape index (κ3) is 4.36. The number of hydrogen-bond acceptors (Lipinski definition) is 4. The van der Waals surface area contributed by atoms with Crippen molar-refractivity contribution in [3.05, 3.63) is 76.9 Å². The Labute approximate surface area is 203 Å². The molecule has 5 rings (SSSR count). The van der Waals surface area contributed by atoms with Gasteiger partial charge in [0.15, 0.2) is 0 Å². The number of aryl methyl sites for hydroxylation is 1. The molecule has 35 heavy (non-hydrogen) atoms.